The molecule has 6 nitrogen and oxygen atoms in total. The molecule has 2 aliphatic heterocycles. The van der Waals surface area contributed by atoms with Gasteiger partial charge in [0.25, 0.3) is 0 Å². The van der Waals surface area contributed by atoms with Crippen LogP contribution in [-0.2, 0) is 0 Å². The van der Waals surface area contributed by atoms with Crippen molar-refractivity contribution in [3.8, 4) is 35.4 Å². The van der Waals surface area contributed by atoms with Gasteiger partial charge in [0, 0.05) is 22.5 Å². The number of ether oxygens (including phenoxy) is 1. The Kier molecular flexibility index (Phi) is 5.92. The van der Waals surface area contributed by atoms with Gasteiger partial charge in [-0.1, -0.05) is 25.8 Å². The fourth-order valence-corrected chi connectivity index (χ4v) is 6.16. The molecule has 38 heavy (non-hydrogen) atoms. The second kappa shape index (κ2) is 9.17. The highest BCUT2D eigenvalue weighted by Gasteiger charge is 2.45. The Hall–Kier alpha value is -3.83. The molecule has 0 bridgehead atoms. The normalized spacial score (nSPS) is 16.8. The Morgan fingerprint density at radius 1 is 1.16 bits per heavy atom. The Morgan fingerprint density at radius 3 is 2.63 bits per heavy atom. The van der Waals surface area contributed by atoms with Gasteiger partial charge in [-0.2, -0.15) is 9.97 Å². The fourth-order valence-electron chi connectivity index (χ4n) is 6.16. The van der Waals surface area contributed by atoms with Crippen LogP contribution in [0.1, 0.15) is 56.7 Å². The summed E-state index contributed by atoms with van der Waals surface area (Å²) >= 11 is 0. The van der Waals surface area contributed by atoms with E-state index in [-0.39, 0.29) is 45.6 Å². The minimum Gasteiger partial charge on any atom is -0.508 e. The lowest BCUT2D eigenvalue weighted by molar-refractivity contribution is 0.107. The number of phenols is 1. The SMILES string of the molecule is C#Cc1c(F)ccc2cc(O)cc(-c3ncc4c(C(C)C)nc(OCC56CCCN5CCC6)nc4c3F)c12. The van der Waals surface area contributed by atoms with Crippen LogP contribution in [0.3, 0.4) is 0 Å². The van der Waals surface area contributed by atoms with Crippen LogP contribution < -0.4 is 4.74 Å². The average molecular weight is 515 g/mol. The first-order valence-electron chi connectivity index (χ1n) is 13.0. The number of halogens is 2. The molecule has 2 aromatic carbocycles. The van der Waals surface area contributed by atoms with E-state index in [2.05, 4.69) is 25.8 Å². The molecule has 4 aromatic rings. The second-order valence-electron chi connectivity index (χ2n) is 10.6. The second-order valence-corrected chi connectivity index (χ2v) is 10.6. The molecule has 2 aliphatic rings. The van der Waals surface area contributed by atoms with Crippen molar-refractivity contribution in [2.24, 2.45) is 0 Å². The third-order valence-corrected chi connectivity index (χ3v) is 7.97. The zero-order chi connectivity index (χ0) is 26.6. The summed E-state index contributed by atoms with van der Waals surface area (Å²) in [6, 6.07) is 5.65. The number of aromatic hydroxyl groups is 1. The Labute approximate surface area is 219 Å². The molecule has 4 heterocycles. The standard InChI is InChI=1S/C30H28F2N4O2/c1-4-20-23(31)8-7-18-13-19(37)14-21(24(18)20)27-25(32)28-22(15-33-27)26(17(2)3)34-29(35-28)38-16-30-9-5-11-36(30)12-6-10-30/h1,7-8,13-15,17,37H,5-6,9-12,16H2,2-3H3. The molecule has 0 unspecified atom stereocenters. The van der Waals surface area contributed by atoms with Gasteiger partial charge in [0.15, 0.2) is 5.82 Å². The van der Waals surface area contributed by atoms with Gasteiger partial charge >= 0.3 is 6.01 Å². The van der Waals surface area contributed by atoms with Gasteiger partial charge in [-0.15, -0.1) is 6.42 Å². The van der Waals surface area contributed by atoms with E-state index in [1.54, 1.807) is 0 Å². The van der Waals surface area contributed by atoms with Crippen LogP contribution in [0.4, 0.5) is 8.78 Å². The van der Waals surface area contributed by atoms with Gasteiger partial charge in [-0.25, -0.2) is 8.78 Å². The fraction of sp³-hybridized carbons (Fsp3) is 0.367. The Bertz CT molecular complexity index is 1620. The predicted molar refractivity (Wildman–Crippen MR) is 142 cm³/mol. The lowest BCUT2D eigenvalue weighted by Crippen LogP contribution is -2.43. The van der Waals surface area contributed by atoms with Crippen LogP contribution in [-0.4, -0.2) is 50.2 Å². The molecule has 2 fully saturated rings. The third kappa shape index (κ3) is 3.84. The maximum Gasteiger partial charge on any atom is 0.317 e. The van der Waals surface area contributed by atoms with E-state index >= 15 is 4.39 Å². The summed E-state index contributed by atoms with van der Waals surface area (Å²) in [5, 5.41) is 11.6. The van der Waals surface area contributed by atoms with Gasteiger partial charge in [-0.3, -0.25) is 9.88 Å². The van der Waals surface area contributed by atoms with Crippen molar-refractivity contribution in [3.63, 3.8) is 0 Å². The molecular formula is C30H28F2N4O2. The molecule has 0 amide bonds. The molecule has 2 saturated heterocycles. The number of pyridine rings is 1. The number of terminal acetylenes is 1. The van der Waals surface area contributed by atoms with Crippen molar-refractivity contribution >= 4 is 21.7 Å². The van der Waals surface area contributed by atoms with Crippen molar-refractivity contribution in [3.05, 3.63) is 53.4 Å². The highest BCUT2D eigenvalue weighted by molar-refractivity contribution is 6.02. The Morgan fingerprint density at radius 2 is 1.92 bits per heavy atom. The number of hydrogen-bond acceptors (Lipinski definition) is 6. The van der Waals surface area contributed by atoms with Gasteiger partial charge in [0.05, 0.1) is 16.8 Å². The van der Waals surface area contributed by atoms with Crippen LogP contribution in [0.5, 0.6) is 11.8 Å². The summed E-state index contributed by atoms with van der Waals surface area (Å²) in [5.41, 5.74) is 0.762. The third-order valence-electron chi connectivity index (χ3n) is 7.97. The van der Waals surface area contributed by atoms with Crippen molar-refractivity contribution in [1.82, 2.24) is 19.9 Å². The van der Waals surface area contributed by atoms with E-state index in [0.29, 0.717) is 28.5 Å². The van der Waals surface area contributed by atoms with E-state index in [1.165, 1.54) is 30.5 Å². The van der Waals surface area contributed by atoms with Crippen molar-refractivity contribution in [2.75, 3.05) is 19.7 Å². The van der Waals surface area contributed by atoms with Crippen LogP contribution >= 0.6 is 0 Å². The monoisotopic (exact) mass is 514 g/mol. The summed E-state index contributed by atoms with van der Waals surface area (Å²) in [6.07, 6.45) is 11.6. The van der Waals surface area contributed by atoms with Gasteiger partial charge < -0.3 is 9.84 Å². The Balaban J connectivity index is 1.51. The number of fused-ring (bicyclic) bond motifs is 3. The van der Waals surface area contributed by atoms with Crippen molar-refractivity contribution in [2.45, 2.75) is 51.0 Å². The van der Waals surface area contributed by atoms with Crippen molar-refractivity contribution < 1.29 is 18.6 Å². The minimum atomic E-state index is -0.711. The molecule has 2 aromatic heterocycles. The number of hydrogen-bond donors (Lipinski definition) is 1. The van der Waals surface area contributed by atoms with Crippen molar-refractivity contribution in [1.29, 1.82) is 0 Å². The quantitative estimate of drug-likeness (QED) is 0.333. The number of benzene rings is 2. The smallest absolute Gasteiger partial charge is 0.317 e. The molecule has 1 N–H and O–H groups in total. The first-order valence-corrected chi connectivity index (χ1v) is 13.0. The predicted octanol–water partition coefficient (Wildman–Crippen LogP) is 5.94. The van der Waals surface area contributed by atoms with E-state index in [9.17, 15) is 9.50 Å². The highest BCUT2D eigenvalue weighted by atomic mass is 19.1. The molecule has 0 aliphatic carbocycles. The molecule has 6 rings (SSSR count). The molecule has 0 radical (unpaired) electrons. The van der Waals surface area contributed by atoms with Crippen LogP contribution in [0.15, 0.2) is 30.5 Å². The molecule has 0 saturated carbocycles. The molecule has 0 atom stereocenters. The topological polar surface area (TPSA) is 71.4 Å². The number of rotatable bonds is 5. The van der Waals surface area contributed by atoms with E-state index in [4.69, 9.17) is 11.2 Å². The van der Waals surface area contributed by atoms with Gasteiger partial charge in [0.1, 0.15) is 29.4 Å². The molecular weight excluding hydrogens is 486 g/mol. The van der Waals surface area contributed by atoms with Gasteiger partial charge in [0.2, 0.25) is 0 Å². The maximum absolute atomic E-state index is 16.3. The van der Waals surface area contributed by atoms with E-state index in [1.807, 2.05) is 13.8 Å². The summed E-state index contributed by atoms with van der Waals surface area (Å²) in [6.45, 7) is 6.53. The average Bonchev–Trinajstić information content (AvgIpc) is 3.48. The number of aromatic nitrogens is 3. The summed E-state index contributed by atoms with van der Waals surface area (Å²) < 4.78 is 37.1. The molecule has 8 heteroatoms. The maximum atomic E-state index is 16.3. The minimum absolute atomic E-state index is 0.00552. The van der Waals surface area contributed by atoms with E-state index in [0.717, 1.165) is 38.8 Å². The van der Waals surface area contributed by atoms with Crippen LogP contribution in [0.25, 0.3) is 32.9 Å². The first-order chi connectivity index (χ1) is 18.3. The largest absolute Gasteiger partial charge is 0.508 e. The lowest BCUT2D eigenvalue weighted by Gasteiger charge is -2.31. The first kappa shape index (κ1) is 24.5. The number of nitrogens with zero attached hydrogens (tertiary/aromatic N) is 4. The highest BCUT2D eigenvalue weighted by Crippen LogP contribution is 2.40. The van der Waals surface area contributed by atoms with Gasteiger partial charge in [-0.05, 0) is 68.3 Å². The van der Waals surface area contributed by atoms with E-state index < -0.39 is 11.6 Å². The van der Waals surface area contributed by atoms with Crippen LogP contribution in [0, 0.1) is 24.0 Å². The summed E-state index contributed by atoms with van der Waals surface area (Å²) in [5.74, 6) is 0.889. The zero-order valence-corrected chi connectivity index (χ0v) is 21.4. The summed E-state index contributed by atoms with van der Waals surface area (Å²) in [4.78, 5) is 16.0. The molecule has 0 spiro atoms. The van der Waals surface area contributed by atoms with Crippen LogP contribution in [0.2, 0.25) is 0 Å². The zero-order valence-electron chi connectivity index (χ0n) is 21.4. The number of phenolic OH excluding ortho intramolecular Hbond substituents is 1. The lowest BCUT2D eigenvalue weighted by atomic mass is 9.95. The summed E-state index contributed by atoms with van der Waals surface area (Å²) in [7, 11) is 0. The molecule has 194 valence electrons.